The van der Waals surface area contributed by atoms with Gasteiger partial charge in [-0.05, 0) is 37.3 Å². The molecule has 5 rings (SSSR count). The molecule has 2 aromatic heterocycles. The number of benzene rings is 1. The van der Waals surface area contributed by atoms with E-state index in [1.165, 1.54) is 4.70 Å². The normalized spacial score (nSPS) is 21.8. The lowest BCUT2D eigenvalue weighted by Crippen LogP contribution is -2.35. The molecule has 2 fully saturated rings. The zero-order valence-corrected chi connectivity index (χ0v) is 16.8. The van der Waals surface area contributed by atoms with Crippen molar-refractivity contribution in [2.24, 2.45) is 5.92 Å². The van der Waals surface area contributed by atoms with Gasteiger partial charge in [0.15, 0.2) is 5.13 Å². The highest BCUT2D eigenvalue weighted by atomic mass is 32.1. The third-order valence-electron chi connectivity index (χ3n) is 5.83. The Bertz CT molecular complexity index is 899. The van der Waals surface area contributed by atoms with Crippen LogP contribution in [0.2, 0.25) is 0 Å². The summed E-state index contributed by atoms with van der Waals surface area (Å²) in [5, 5.41) is 19.5. The molecule has 2 aliphatic heterocycles. The van der Waals surface area contributed by atoms with Crippen molar-refractivity contribution in [1.82, 2.24) is 24.9 Å². The van der Waals surface area contributed by atoms with Crippen molar-refractivity contribution in [3.05, 3.63) is 36.2 Å². The van der Waals surface area contributed by atoms with E-state index in [1.54, 1.807) is 11.3 Å². The Morgan fingerprint density at radius 3 is 2.75 bits per heavy atom. The van der Waals surface area contributed by atoms with Crippen LogP contribution < -0.4 is 4.90 Å². The van der Waals surface area contributed by atoms with Gasteiger partial charge >= 0.3 is 0 Å². The number of aliphatic hydroxyl groups is 1. The summed E-state index contributed by atoms with van der Waals surface area (Å²) in [6.45, 7) is 5.52. The van der Waals surface area contributed by atoms with Crippen molar-refractivity contribution in [2.45, 2.75) is 38.5 Å². The first-order valence-corrected chi connectivity index (χ1v) is 10.9. The quantitative estimate of drug-likeness (QED) is 0.712. The van der Waals surface area contributed by atoms with Crippen molar-refractivity contribution in [3.8, 4) is 0 Å². The van der Waals surface area contributed by atoms with Crippen LogP contribution >= 0.6 is 11.3 Å². The number of β-amino-alcohol motifs (C(OH)–C–C–N with tert-alkyl or cyclic N) is 1. The van der Waals surface area contributed by atoms with Crippen LogP contribution in [0, 0.1) is 5.92 Å². The predicted octanol–water partition coefficient (Wildman–Crippen LogP) is 2.37. The van der Waals surface area contributed by atoms with E-state index in [2.05, 4.69) is 50.6 Å². The second-order valence-corrected chi connectivity index (χ2v) is 9.01. The van der Waals surface area contributed by atoms with E-state index < -0.39 is 0 Å². The third-order valence-corrected chi connectivity index (χ3v) is 6.93. The van der Waals surface area contributed by atoms with Crippen LogP contribution in [0.25, 0.3) is 10.2 Å². The lowest BCUT2D eigenvalue weighted by Gasteiger charge is -2.31. The molecular formula is C20H26N6OS. The lowest BCUT2D eigenvalue weighted by molar-refractivity contribution is 0.174. The zero-order chi connectivity index (χ0) is 18.9. The molecule has 4 heterocycles. The summed E-state index contributed by atoms with van der Waals surface area (Å²) in [6, 6.07) is 8.37. The molecule has 1 N–H and O–H groups in total. The molecule has 0 amide bonds. The second kappa shape index (κ2) is 7.77. The van der Waals surface area contributed by atoms with Crippen LogP contribution in [0.4, 0.5) is 5.13 Å². The molecule has 148 valence electrons. The number of hydrogen-bond donors (Lipinski definition) is 1. The largest absolute Gasteiger partial charge is 0.392 e. The molecule has 1 aromatic carbocycles. The number of rotatable bonds is 5. The number of para-hydroxylation sites is 1. The Morgan fingerprint density at radius 2 is 1.96 bits per heavy atom. The van der Waals surface area contributed by atoms with Gasteiger partial charge in [-0.2, -0.15) is 0 Å². The lowest BCUT2D eigenvalue weighted by atomic mass is 9.97. The minimum absolute atomic E-state index is 0.185. The summed E-state index contributed by atoms with van der Waals surface area (Å²) in [6.07, 6.45) is 5.06. The minimum atomic E-state index is -0.185. The Labute approximate surface area is 168 Å². The van der Waals surface area contributed by atoms with E-state index in [0.29, 0.717) is 5.92 Å². The minimum Gasteiger partial charge on any atom is -0.392 e. The zero-order valence-electron chi connectivity index (χ0n) is 15.9. The highest BCUT2D eigenvalue weighted by Crippen LogP contribution is 2.31. The number of likely N-dealkylation sites (tertiary alicyclic amines) is 1. The van der Waals surface area contributed by atoms with Crippen molar-refractivity contribution < 1.29 is 5.11 Å². The van der Waals surface area contributed by atoms with Crippen LogP contribution in [-0.4, -0.2) is 62.3 Å². The number of aliphatic hydroxyl groups excluding tert-OH is 1. The van der Waals surface area contributed by atoms with Crippen molar-refractivity contribution >= 4 is 26.7 Å². The van der Waals surface area contributed by atoms with Crippen LogP contribution in [0.3, 0.4) is 0 Å². The number of piperidine rings is 1. The molecule has 2 aliphatic rings. The number of aromatic nitrogens is 4. The van der Waals surface area contributed by atoms with E-state index >= 15 is 0 Å². The fourth-order valence-electron chi connectivity index (χ4n) is 4.25. The summed E-state index contributed by atoms with van der Waals surface area (Å²) >= 11 is 1.79. The molecular weight excluding hydrogens is 372 g/mol. The van der Waals surface area contributed by atoms with Crippen LogP contribution in [0.1, 0.15) is 25.0 Å². The first-order chi connectivity index (χ1) is 13.7. The van der Waals surface area contributed by atoms with Gasteiger partial charge in [-0.25, -0.2) is 4.98 Å². The summed E-state index contributed by atoms with van der Waals surface area (Å²) in [7, 11) is 0. The van der Waals surface area contributed by atoms with Gasteiger partial charge in [-0.15, -0.1) is 5.10 Å². The molecule has 0 spiro atoms. The van der Waals surface area contributed by atoms with Crippen molar-refractivity contribution in [3.63, 3.8) is 0 Å². The summed E-state index contributed by atoms with van der Waals surface area (Å²) in [5.74, 6) is 0.633. The predicted molar refractivity (Wildman–Crippen MR) is 110 cm³/mol. The SMILES string of the molecule is O[C@@H]1CCN(Cc2cn(CC3CCN(c4nc5ccccc5s4)CC3)nn2)C1. The third kappa shape index (κ3) is 3.90. The van der Waals surface area contributed by atoms with E-state index in [4.69, 9.17) is 4.98 Å². The van der Waals surface area contributed by atoms with Crippen molar-refractivity contribution in [1.29, 1.82) is 0 Å². The molecule has 7 nitrogen and oxygen atoms in total. The number of fused-ring (bicyclic) bond motifs is 1. The fraction of sp³-hybridized carbons (Fsp3) is 0.550. The topological polar surface area (TPSA) is 70.3 Å². The van der Waals surface area contributed by atoms with Gasteiger partial charge in [0, 0.05) is 45.5 Å². The van der Waals surface area contributed by atoms with Gasteiger partial charge in [-0.1, -0.05) is 28.7 Å². The average molecular weight is 399 g/mol. The summed E-state index contributed by atoms with van der Waals surface area (Å²) < 4.78 is 3.26. The van der Waals surface area contributed by atoms with Gasteiger partial charge < -0.3 is 10.0 Å². The average Bonchev–Trinajstić information content (AvgIpc) is 3.43. The molecule has 0 radical (unpaired) electrons. The molecule has 0 unspecified atom stereocenters. The number of hydrogen-bond acceptors (Lipinski definition) is 7. The van der Waals surface area contributed by atoms with Crippen molar-refractivity contribution in [2.75, 3.05) is 31.1 Å². The van der Waals surface area contributed by atoms with E-state index in [-0.39, 0.29) is 6.10 Å². The smallest absolute Gasteiger partial charge is 0.186 e. The van der Waals surface area contributed by atoms with Crippen LogP contribution in [0.5, 0.6) is 0 Å². The molecule has 0 bridgehead atoms. The second-order valence-electron chi connectivity index (χ2n) is 8.00. The molecule has 2 saturated heterocycles. The summed E-state index contributed by atoms with van der Waals surface area (Å²) in [5.41, 5.74) is 2.10. The highest BCUT2D eigenvalue weighted by Gasteiger charge is 2.23. The molecule has 0 saturated carbocycles. The van der Waals surface area contributed by atoms with Gasteiger partial charge in [0.2, 0.25) is 0 Å². The Morgan fingerprint density at radius 1 is 1.11 bits per heavy atom. The molecule has 1 atom stereocenters. The monoisotopic (exact) mass is 398 g/mol. The highest BCUT2D eigenvalue weighted by molar-refractivity contribution is 7.22. The molecule has 8 heteroatoms. The van der Waals surface area contributed by atoms with E-state index in [9.17, 15) is 5.11 Å². The van der Waals surface area contributed by atoms with E-state index in [1.807, 2.05) is 4.68 Å². The Hall–Kier alpha value is -2.03. The standard InChI is InChI=1S/C20H26N6OS/c27-17-7-8-24(14-17)12-16-13-26(23-22-16)11-15-5-9-25(10-6-15)20-21-18-3-1-2-4-19(18)28-20/h1-4,13,15,17,27H,5-12,14H2/t17-/m1/s1. The fourth-order valence-corrected chi connectivity index (χ4v) is 5.27. The number of nitrogens with zero attached hydrogens (tertiary/aromatic N) is 6. The maximum atomic E-state index is 9.65. The Kier molecular flexibility index (Phi) is 5.00. The number of anilines is 1. The van der Waals surface area contributed by atoms with Gasteiger partial charge in [0.25, 0.3) is 0 Å². The molecule has 3 aromatic rings. The van der Waals surface area contributed by atoms with Gasteiger partial charge in [-0.3, -0.25) is 9.58 Å². The molecule has 0 aliphatic carbocycles. The van der Waals surface area contributed by atoms with E-state index in [0.717, 1.165) is 74.9 Å². The maximum Gasteiger partial charge on any atom is 0.186 e. The van der Waals surface area contributed by atoms with Gasteiger partial charge in [0.05, 0.1) is 22.0 Å². The maximum absolute atomic E-state index is 9.65. The van der Waals surface area contributed by atoms with Crippen LogP contribution in [0.15, 0.2) is 30.5 Å². The number of thiazole rings is 1. The van der Waals surface area contributed by atoms with Gasteiger partial charge in [0.1, 0.15) is 0 Å². The first kappa shape index (κ1) is 18.0. The molecule has 28 heavy (non-hydrogen) atoms. The first-order valence-electron chi connectivity index (χ1n) is 10.1. The van der Waals surface area contributed by atoms with Crippen LogP contribution in [-0.2, 0) is 13.1 Å². The summed E-state index contributed by atoms with van der Waals surface area (Å²) in [4.78, 5) is 9.47. The Balaban J connectivity index is 1.14.